The van der Waals surface area contributed by atoms with Crippen molar-refractivity contribution in [3.05, 3.63) is 24.5 Å². The van der Waals surface area contributed by atoms with Crippen LogP contribution in [0.15, 0.2) is 24.5 Å². The smallest absolute Gasteiger partial charge is 0.323 e. The number of hydrogen-bond donors (Lipinski definition) is 2. The highest BCUT2D eigenvalue weighted by Gasteiger charge is 2.38. The molecule has 0 spiro atoms. The fourth-order valence-corrected chi connectivity index (χ4v) is 3.97. The van der Waals surface area contributed by atoms with E-state index in [0.29, 0.717) is 11.9 Å². The van der Waals surface area contributed by atoms with Gasteiger partial charge in [-0.3, -0.25) is 10.2 Å². The van der Waals surface area contributed by atoms with Gasteiger partial charge in [-0.2, -0.15) is 0 Å². The van der Waals surface area contributed by atoms with Crippen molar-refractivity contribution in [2.45, 2.75) is 38.3 Å². The summed E-state index contributed by atoms with van der Waals surface area (Å²) < 4.78 is 0. The topological polar surface area (TPSA) is 64.3 Å². The highest BCUT2D eigenvalue weighted by atomic mass is 16.2. The first-order chi connectivity index (χ1) is 11.2. The molecule has 2 fully saturated rings. The van der Waals surface area contributed by atoms with Gasteiger partial charge in [-0.25, -0.2) is 9.78 Å². The Bertz CT molecular complexity index is 706. The first-order valence-corrected chi connectivity index (χ1v) is 8.47. The van der Waals surface area contributed by atoms with Gasteiger partial charge < -0.3 is 9.88 Å². The summed E-state index contributed by atoms with van der Waals surface area (Å²) in [5.74, 6) is 0.610. The standard InChI is InChI=1S/C17H23N5O/c1-12-15(21-7-2-3-8-21)5-9-22(12)17(23)20-16-10-13-4-6-18-14(13)11-19-16/h4,6,10-12,15,18H,2-3,5,7-9H2,1H3,(H,19,20,23). The average molecular weight is 313 g/mol. The molecule has 0 aromatic carbocycles. The van der Waals surface area contributed by atoms with Gasteiger partial charge in [-0.05, 0) is 51.4 Å². The maximum absolute atomic E-state index is 12.6. The molecular formula is C17H23N5O. The third-order valence-corrected chi connectivity index (χ3v) is 5.26. The van der Waals surface area contributed by atoms with Gasteiger partial charge in [0.1, 0.15) is 5.82 Å². The summed E-state index contributed by atoms with van der Waals surface area (Å²) in [6.07, 6.45) is 7.28. The summed E-state index contributed by atoms with van der Waals surface area (Å²) in [5.41, 5.74) is 0.978. The Morgan fingerprint density at radius 2 is 2.17 bits per heavy atom. The van der Waals surface area contributed by atoms with Crippen molar-refractivity contribution in [1.82, 2.24) is 19.8 Å². The molecule has 2 aliphatic rings. The van der Waals surface area contributed by atoms with Crippen molar-refractivity contribution < 1.29 is 4.79 Å². The van der Waals surface area contributed by atoms with E-state index < -0.39 is 0 Å². The van der Waals surface area contributed by atoms with Crippen LogP contribution < -0.4 is 5.32 Å². The fraction of sp³-hybridized carbons (Fsp3) is 0.529. The Balaban J connectivity index is 1.44. The molecule has 122 valence electrons. The van der Waals surface area contributed by atoms with Crippen molar-refractivity contribution in [1.29, 1.82) is 0 Å². The number of nitrogens with zero attached hydrogens (tertiary/aromatic N) is 3. The van der Waals surface area contributed by atoms with E-state index in [1.165, 1.54) is 25.9 Å². The summed E-state index contributed by atoms with van der Waals surface area (Å²) in [4.78, 5) is 24.5. The maximum Gasteiger partial charge on any atom is 0.323 e. The minimum absolute atomic E-state index is 0.0402. The van der Waals surface area contributed by atoms with Crippen LogP contribution in [0.3, 0.4) is 0 Å². The molecule has 0 aliphatic carbocycles. The zero-order valence-corrected chi connectivity index (χ0v) is 13.5. The number of aromatic nitrogens is 2. The van der Waals surface area contributed by atoms with Crippen LogP contribution in [0.5, 0.6) is 0 Å². The summed E-state index contributed by atoms with van der Waals surface area (Å²) in [6, 6.07) is 4.60. The number of urea groups is 1. The largest absolute Gasteiger partial charge is 0.360 e. The number of likely N-dealkylation sites (tertiary alicyclic amines) is 2. The Morgan fingerprint density at radius 3 is 3.00 bits per heavy atom. The molecule has 0 saturated carbocycles. The molecule has 4 heterocycles. The predicted molar refractivity (Wildman–Crippen MR) is 90.5 cm³/mol. The SMILES string of the molecule is CC1C(N2CCCC2)CCN1C(=O)Nc1cc2cc[nH]c2cn1. The van der Waals surface area contributed by atoms with Crippen molar-refractivity contribution in [2.75, 3.05) is 25.0 Å². The molecule has 0 radical (unpaired) electrons. The first kappa shape index (κ1) is 14.5. The number of amides is 2. The van der Waals surface area contributed by atoms with E-state index in [1.54, 1.807) is 6.20 Å². The van der Waals surface area contributed by atoms with Crippen LogP contribution >= 0.6 is 0 Å². The third-order valence-electron chi connectivity index (χ3n) is 5.26. The van der Waals surface area contributed by atoms with Crippen LogP contribution in [0.4, 0.5) is 10.6 Å². The van der Waals surface area contributed by atoms with Gasteiger partial charge in [0.2, 0.25) is 0 Å². The van der Waals surface area contributed by atoms with Crippen molar-refractivity contribution in [3.63, 3.8) is 0 Å². The molecule has 2 N–H and O–H groups in total. The quantitative estimate of drug-likeness (QED) is 0.896. The summed E-state index contributed by atoms with van der Waals surface area (Å²) in [5, 5.41) is 4.01. The van der Waals surface area contributed by atoms with Crippen molar-refractivity contribution in [3.8, 4) is 0 Å². The van der Waals surface area contributed by atoms with E-state index in [0.717, 1.165) is 23.9 Å². The monoisotopic (exact) mass is 313 g/mol. The zero-order valence-electron chi connectivity index (χ0n) is 13.5. The van der Waals surface area contributed by atoms with Gasteiger partial charge in [-0.1, -0.05) is 0 Å². The molecule has 0 bridgehead atoms. The van der Waals surface area contributed by atoms with Crippen LogP contribution in [0.1, 0.15) is 26.2 Å². The van der Waals surface area contributed by atoms with E-state index >= 15 is 0 Å². The van der Waals surface area contributed by atoms with Crippen LogP contribution in [0, 0.1) is 0 Å². The lowest BCUT2D eigenvalue weighted by atomic mass is 10.1. The second-order valence-corrected chi connectivity index (χ2v) is 6.60. The van der Waals surface area contributed by atoms with Crippen molar-refractivity contribution in [2.24, 2.45) is 0 Å². The van der Waals surface area contributed by atoms with E-state index in [-0.39, 0.29) is 12.1 Å². The first-order valence-electron chi connectivity index (χ1n) is 8.47. The molecule has 2 aliphatic heterocycles. The minimum atomic E-state index is -0.0402. The number of carbonyl (C=O) groups excluding carboxylic acids is 1. The van der Waals surface area contributed by atoms with E-state index in [1.807, 2.05) is 23.2 Å². The lowest BCUT2D eigenvalue weighted by molar-refractivity contribution is 0.177. The van der Waals surface area contributed by atoms with Crippen molar-refractivity contribution >= 4 is 22.8 Å². The van der Waals surface area contributed by atoms with Gasteiger partial charge in [0, 0.05) is 30.2 Å². The number of pyridine rings is 1. The lowest BCUT2D eigenvalue weighted by Gasteiger charge is -2.30. The Labute approximate surface area is 135 Å². The second kappa shape index (κ2) is 5.85. The highest BCUT2D eigenvalue weighted by molar-refractivity contribution is 5.91. The molecule has 2 atom stereocenters. The predicted octanol–water partition coefficient (Wildman–Crippen LogP) is 2.65. The van der Waals surface area contributed by atoms with Gasteiger partial charge in [0.05, 0.1) is 11.7 Å². The number of fused-ring (bicyclic) bond motifs is 1. The number of nitrogens with one attached hydrogen (secondary N) is 2. The molecule has 23 heavy (non-hydrogen) atoms. The molecule has 2 aromatic heterocycles. The summed E-state index contributed by atoms with van der Waals surface area (Å²) >= 11 is 0. The van der Waals surface area contributed by atoms with Gasteiger partial charge in [0.25, 0.3) is 0 Å². The molecular weight excluding hydrogens is 290 g/mol. The average Bonchev–Trinajstić information content (AvgIpc) is 3.26. The second-order valence-electron chi connectivity index (χ2n) is 6.60. The number of H-pyrrole nitrogens is 1. The molecule has 6 heteroatoms. The van der Waals surface area contributed by atoms with Crippen LogP contribution in [-0.2, 0) is 0 Å². The minimum Gasteiger partial charge on any atom is -0.360 e. The number of aromatic amines is 1. The molecule has 2 unspecified atom stereocenters. The maximum atomic E-state index is 12.6. The molecule has 6 nitrogen and oxygen atoms in total. The summed E-state index contributed by atoms with van der Waals surface area (Å²) in [6.45, 7) is 5.34. The third kappa shape index (κ3) is 2.67. The molecule has 2 amide bonds. The molecule has 2 aromatic rings. The summed E-state index contributed by atoms with van der Waals surface area (Å²) in [7, 11) is 0. The van der Waals surface area contributed by atoms with Crippen LogP contribution in [-0.4, -0.2) is 57.5 Å². The zero-order chi connectivity index (χ0) is 15.8. The van der Waals surface area contributed by atoms with E-state index in [2.05, 4.69) is 27.1 Å². The van der Waals surface area contributed by atoms with E-state index in [9.17, 15) is 4.79 Å². The van der Waals surface area contributed by atoms with Gasteiger partial charge in [0.15, 0.2) is 0 Å². The Kier molecular flexibility index (Phi) is 3.69. The fourth-order valence-electron chi connectivity index (χ4n) is 3.97. The highest BCUT2D eigenvalue weighted by Crippen LogP contribution is 2.26. The number of rotatable bonds is 2. The normalized spacial score (nSPS) is 25.3. The van der Waals surface area contributed by atoms with E-state index in [4.69, 9.17) is 0 Å². The van der Waals surface area contributed by atoms with Gasteiger partial charge in [-0.15, -0.1) is 0 Å². The Morgan fingerprint density at radius 1 is 1.35 bits per heavy atom. The molecule has 2 saturated heterocycles. The van der Waals surface area contributed by atoms with Gasteiger partial charge >= 0.3 is 6.03 Å². The number of anilines is 1. The lowest BCUT2D eigenvalue weighted by Crippen LogP contribution is -2.45. The molecule has 4 rings (SSSR count). The number of carbonyl (C=O) groups is 1. The number of hydrogen-bond acceptors (Lipinski definition) is 3. The van der Waals surface area contributed by atoms with Crippen LogP contribution in [0.2, 0.25) is 0 Å². The van der Waals surface area contributed by atoms with Crippen LogP contribution in [0.25, 0.3) is 10.9 Å². The Hall–Kier alpha value is -2.08.